The van der Waals surface area contributed by atoms with E-state index in [0.29, 0.717) is 19.3 Å². The van der Waals surface area contributed by atoms with Gasteiger partial charge in [-0.15, -0.1) is 0 Å². The summed E-state index contributed by atoms with van der Waals surface area (Å²) in [5.74, 6) is -0.738. The predicted octanol–water partition coefficient (Wildman–Crippen LogP) is 13.7. The number of alkyl halides is 6. The van der Waals surface area contributed by atoms with Crippen LogP contribution in [0.5, 0.6) is 0 Å². The molecule has 0 amide bonds. The summed E-state index contributed by atoms with van der Waals surface area (Å²) >= 11 is -0.771. The number of benzene rings is 6. The first-order valence-electron chi connectivity index (χ1n) is 36.1. The van der Waals surface area contributed by atoms with E-state index in [1.165, 1.54) is 136 Å². The molecule has 6 rings (SSSR count). The average molecular weight is 2740 g/mol. The van der Waals surface area contributed by atoms with Crippen molar-refractivity contribution in [2.24, 2.45) is 0 Å². The second-order valence-corrected chi connectivity index (χ2v) is 42.4. The van der Waals surface area contributed by atoms with E-state index in [1.807, 2.05) is 109 Å². The van der Waals surface area contributed by atoms with Gasteiger partial charge in [0, 0.05) is 196 Å². The van der Waals surface area contributed by atoms with Gasteiger partial charge in [0.05, 0.1) is 0 Å². The quantitative estimate of drug-likeness (QED) is 0.0174. The number of halogens is 6. The zero-order valence-electron chi connectivity index (χ0n) is 75.2. The Balaban J connectivity index is -0.000000310. The zero-order valence-corrected chi connectivity index (χ0v) is 106. The van der Waals surface area contributed by atoms with Crippen molar-refractivity contribution in [2.45, 2.75) is 123 Å². The van der Waals surface area contributed by atoms with Crippen LogP contribution in [0.15, 0.2) is 103 Å². The van der Waals surface area contributed by atoms with Gasteiger partial charge in [0.25, 0.3) is 0 Å². The number of likely N-dealkylation sites (N-methyl/N-ethyl adjacent to an activating group) is 6. The van der Waals surface area contributed by atoms with Gasteiger partial charge in [0.1, 0.15) is 0 Å². The Hall–Kier alpha value is 2.90. The summed E-state index contributed by atoms with van der Waals surface area (Å²) in [5.41, 5.74) is 16.9. The summed E-state index contributed by atoms with van der Waals surface area (Å²) in [6.45, 7) is 15.8. The monoisotopic (exact) mass is 2740 g/mol. The smallest absolute Gasteiger partial charge is 0 e. The van der Waals surface area contributed by atoms with Crippen molar-refractivity contribution >= 4 is 163 Å². The normalized spacial score (nSPS) is 12.1. The van der Waals surface area contributed by atoms with Crippen molar-refractivity contribution in [1.29, 1.82) is 0 Å². The molecule has 6 aromatic carbocycles. The predicted molar refractivity (Wildman–Crippen MR) is 516 cm³/mol. The van der Waals surface area contributed by atoms with E-state index in [0.717, 1.165) is 25.8 Å². The van der Waals surface area contributed by atoms with Crippen molar-refractivity contribution in [1.82, 2.24) is 29.4 Å². The molecule has 0 aliphatic carbocycles. The molecule has 6 unspecified atom stereocenters. The molecule has 0 spiro atoms. The Bertz CT molecular complexity index is 3850. The van der Waals surface area contributed by atoms with Crippen LogP contribution in [0.4, 0.5) is 0 Å². The van der Waals surface area contributed by atoms with Gasteiger partial charge in [-0.05, 0) is 0 Å². The maximum absolute atomic E-state index is 11.9. The topological polar surface area (TPSA) is 177 Å². The first-order chi connectivity index (χ1) is 51.8. The molecule has 0 saturated heterocycles. The van der Waals surface area contributed by atoms with Crippen molar-refractivity contribution in [3.8, 4) is 0 Å². The van der Waals surface area contributed by atoms with Crippen LogP contribution < -0.4 is 0 Å². The van der Waals surface area contributed by atoms with E-state index in [-0.39, 0.29) is 395 Å². The Labute approximate surface area is 913 Å². The van der Waals surface area contributed by atoms with Gasteiger partial charge in [-0.2, -0.15) is 0 Å². The maximum Gasteiger partial charge on any atom is 0 e. The SMILES string of the molecule is COC(=O)C(Cc1cc(C)c(C)cc1[IH]C)N(C)C.COC(=O)C(Cc1cc(C)ccc1[IH]C)N(C)C.COC(=O)C(Cc1ccc(C)c([IH]C)c1)N(C)C.COC(=O)C(Cc1ccc(C)cc1[IH]C)N(C)C.COC(=O)C(Cc1ccc([IH]C)c(C)c1)N(C)C.COC(=O)CC(CN(C)C)c1cccc(C)c1[IH]C.[Y].[Y].[Y].[Y].[Y].[Y]. The van der Waals surface area contributed by atoms with Gasteiger partial charge in [0.2, 0.25) is 0 Å². The molecule has 0 aliphatic heterocycles. The van der Waals surface area contributed by atoms with Crippen LogP contribution in [0, 0.1) is 69.9 Å². The van der Waals surface area contributed by atoms with Crippen molar-refractivity contribution < 1.29 is 253 Å². The molecule has 116 heavy (non-hydrogen) atoms. The molecule has 642 valence electrons. The number of ether oxygens (including phenoxy) is 6. The molecule has 6 aromatic rings. The van der Waals surface area contributed by atoms with Gasteiger partial charge in [-0.25, -0.2) is 0 Å². The third-order valence-corrected chi connectivity index (χ3v) is 33.3. The van der Waals surface area contributed by atoms with Crippen LogP contribution in [0.3, 0.4) is 0 Å². The summed E-state index contributed by atoms with van der Waals surface area (Å²) in [7, 11) is 31.9. The van der Waals surface area contributed by atoms with Crippen LogP contribution in [-0.4, -0.2) is 259 Å². The number of hydrogen-bond acceptors (Lipinski definition) is 18. The van der Waals surface area contributed by atoms with Crippen molar-refractivity contribution in [3.63, 3.8) is 0 Å². The zero-order chi connectivity index (χ0) is 83.8. The molecule has 0 bridgehead atoms. The second kappa shape index (κ2) is 71.7. The maximum atomic E-state index is 11.9. The van der Waals surface area contributed by atoms with Crippen LogP contribution in [0.25, 0.3) is 0 Å². The molecule has 18 nitrogen and oxygen atoms in total. The first-order valence-corrected chi connectivity index (χ1v) is 57.1. The number of rotatable bonds is 31. The number of methoxy groups -OCH3 is 6. The van der Waals surface area contributed by atoms with Crippen molar-refractivity contribution in [2.75, 3.05) is 163 Å². The van der Waals surface area contributed by atoms with E-state index in [9.17, 15) is 28.8 Å². The molecule has 0 N–H and O–H groups in total. The second-order valence-electron chi connectivity index (χ2n) is 28.0. The van der Waals surface area contributed by atoms with Crippen LogP contribution in [0.2, 0.25) is 0 Å². The Kier molecular flexibility index (Phi) is 80.2. The van der Waals surface area contributed by atoms with E-state index in [4.69, 9.17) is 28.4 Å². The molecular weight excluding hydrogens is 2600 g/mol. The number of nitrogens with zero attached hydrogens (tertiary/aromatic N) is 6. The number of esters is 6. The van der Waals surface area contributed by atoms with Gasteiger partial charge < -0.3 is 0 Å². The fraction of sp³-hybridized carbons (Fsp3) is 0.512. The molecule has 6 atom stereocenters. The molecule has 0 aromatic heterocycles. The van der Waals surface area contributed by atoms with Crippen molar-refractivity contribution in [3.05, 3.63) is 197 Å². The number of aryl methyl sites for hydroxylation is 7. The first kappa shape index (κ1) is 130. The average Bonchev–Trinajstić information content (AvgIpc) is 0.847. The minimum Gasteiger partial charge on any atom is 0 e. The van der Waals surface area contributed by atoms with Gasteiger partial charge >= 0.3 is 733 Å². The fourth-order valence-corrected chi connectivity index (χ4v) is 23.5. The summed E-state index contributed by atoms with van der Waals surface area (Å²) in [4.78, 5) is 95.9. The minimum absolute atomic E-state index is 0. The summed E-state index contributed by atoms with van der Waals surface area (Å²) < 4.78 is 38.0. The molecular formula is C86H136I6N6O12Y6. The van der Waals surface area contributed by atoms with E-state index in [1.54, 1.807) is 0 Å². The van der Waals surface area contributed by atoms with Gasteiger partial charge in [-0.3, -0.25) is 0 Å². The Morgan fingerprint density at radius 1 is 0.319 bits per heavy atom. The number of hydrogen-bond donors (Lipinski definition) is 0. The van der Waals surface area contributed by atoms with E-state index in [2.05, 4.69) is 186 Å². The molecule has 30 heteroatoms. The number of carbonyl (C=O) groups is 6. The number of carbonyl (C=O) groups excluding carboxylic acids is 6. The third kappa shape index (κ3) is 48.0. The fourth-order valence-electron chi connectivity index (χ4n) is 11.8. The molecule has 0 saturated carbocycles. The van der Waals surface area contributed by atoms with Crippen LogP contribution >= 0.6 is 127 Å². The molecule has 0 fully saturated rings. The summed E-state index contributed by atoms with van der Waals surface area (Å²) in [6, 6.07) is 36.1. The largest absolute Gasteiger partial charge is 0 e. The molecule has 0 aliphatic rings. The molecule has 0 heterocycles. The molecule has 6 radical (unpaired) electrons. The van der Waals surface area contributed by atoms with E-state index >= 15 is 0 Å². The van der Waals surface area contributed by atoms with Crippen LogP contribution in [0.1, 0.15) is 84.7 Å². The van der Waals surface area contributed by atoms with Crippen LogP contribution in [-0.2, 0) is 286 Å². The Morgan fingerprint density at radius 2 is 0.681 bits per heavy atom. The van der Waals surface area contributed by atoms with E-state index < -0.39 is 0 Å². The van der Waals surface area contributed by atoms with Gasteiger partial charge in [-0.1, -0.05) is 0 Å². The third-order valence-electron chi connectivity index (χ3n) is 18.4. The summed E-state index contributed by atoms with van der Waals surface area (Å²) in [6.07, 6.45) is 4.06. The Morgan fingerprint density at radius 3 is 1.07 bits per heavy atom. The summed E-state index contributed by atoms with van der Waals surface area (Å²) in [5, 5.41) is 0. The standard InChI is InChI=1S/2C15H24INO2.4C14H22INO2.6Y/c1-10-7-12(13(16-3)8-11(10)2)9-14(17(4)5)15(18)19-6;1-11-7-6-8-13(15(11)16-2)12(10-17(3)4)9-14(18)19-5;1-10-8-11(6-7-12(10)15-2)9-13(16(3)4)14(17)18-5;1-10-6-7-11(8-12(10)15-2)9-13(16(3)4)14(17)18-5;1-10-6-7-12(15-2)11(8-10)9-13(16(3)4)14(17)18-5;1-10-6-7-11(12(8-10)15-2)9-13(16(3)4)14(17)18-5;;;;;;/h7-8,14,16H,9H2,1-6H3;6-8,12,16H,9-10H2,1-5H3;4*6-8,13,15H,9H2,1-5H3;;;;;;. The van der Waals surface area contributed by atoms with Gasteiger partial charge in [0.15, 0.2) is 0 Å². The minimum atomic E-state index is -0.210.